The second-order valence-electron chi connectivity index (χ2n) is 0.918. The summed E-state index contributed by atoms with van der Waals surface area (Å²) in [7, 11) is -9.81. The zero-order chi connectivity index (χ0) is 9.00. The second kappa shape index (κ2) is 9.53. The van der Waals surface area contributed by atoms with Crippen molar-refractivity contribution in [2.75, 3.05) is 0 Å². The molecule has 0 bridgehead atoms. The van der Waals surface area contributed by atoms with Crippen LogP contribution in [0.5, 0.6) is 0 Å². The fourth-order valence-corrected chi connectivity index (χ4v) is 0. The van der Waals surface area contributed by atoms with Crippen molar-refractivity contribution in [3.8, 4) is 0 Å². The predicted octanol–water partition coefficient (Wildman–Crippen LogP) is -8.55. The van der Waals surface area contributed by atoms with Crippen LogP contribution in [0.4, 0.5) is 0 Å². The summed E-state index contributed by atoms with van der Waals surface area (Å²) in [6.45, 7) is 0. The average molecular weight is 240 g/mol. The topological polar surface area (TPSA) is 158 Å². The minimum absolute atomic E-state index is 0. The molecule has 0 fully saturated rings. The maximum atomic E-state index is 8.77. The Balaban J connectivity index is -0.0000000457. The summed E-state index contributed by atoms with van der Waals surface area (Å²) >= 11 is 0. The normalized spacial score (nSPS) is 9.75. The minimum atomic E-state index is -4.92. The van der Waals surface area contributed by atoms with Crippen LogP contribution in [0.15, 0.2) is 0 Å². The van der Waals surface area contributed by atoms with Gasteiger partial charge in [0.15, 0.2) is 0 Å². The second-order valence-corrected chi connectivity index (χ2v) is 2.75. The standard InChI is InChI=1S/2Na.H3O4P.H2O4S/c;;2*1-5(2,3)4/h;;(H3,1,2,3,4);(H2,1,2,3,4)/q2*+1;;/p-2. The Morgan fingerprint density at radius 3 is 1.17 bits per heavy atom. The average Bonchev–Trinajstić information content (AvgIpc) is 1.12. The Morgan fingerprint density at radius 1 is 1.17 bits per heavy atom. The summed E-state index contributed by atoms with van der Waals surface area (Å²) < 4.78 is 41.6. The molecule has 0 rings (SSSR count). The van der Waals surface area contributed by atoms with Crippen LogP contribution >= 0.6 is 7.82 Å². The molecule has 0 saturated carbocycles. The molecule has 0 aromatic rings. The zero-order valence-corrected chi connectivity index (χ0v) is 11.9. The first-order valence-corrected chi connectivity index (χ1v) is 4.34. The first-order valence-electron chi connectivity index (χ1n) is 1.45. The molecule has 0 atom stereocenters. The molecule has 0 aliphatic rings. The van der Waals surface area contributed by atoms with Gasteiger partial charge in [-0.3, -0.25) is 9.12 Å². The van der Waals surface area contributed by atoms with Crippen LogP contribution in [0.25, 0.3) is 0 Å². The van der Waals surface area contributed by atoms with Crippen LogP contribution < -0.4 is 64.0 Å². The van der Waals surface area contributed by atoms with Gasteiger partial charge in [-0.1, -0.05) is 0 Å². The Morgan fingerprint density at radius 2 is 1.17 bits per heavy atom. The van der Waals surface area contributed by atoms with Crippen molar-refractivity contribution in [3.05, 3.63) is 0 Å². The van der Waals surface area contributed by atoms with E-state index in [9.17, 15) is 0 Å². The molecule has 8 nitrogen and oxygen atoms in total. The van der Waals surface area contributed by atoms with Gasteiger partial charge in [0.1, 0.15) is 0 Å². The predicted molar refractivity (Wildman–Crippen MR) is 24.4 cm³/mol. The van der Waals surface area contributed by atoms with Crippen molar-refractivity contribution in [1.82, 2.24) is 0 Å². The van der Waals surface area contributed by atoms with Crippen LogP contribution in [0.3, 0.4) is 0 Å². The summed E-state index contributed by atoms with van der Waals surface area (Å²) in [5, 5.41) is 0. The molecule has 3 N–H and O–H groups in total. The van der Waals surface area contributed by atoms with Crippen molar-refractivity contribution >= 4 is 18.2 Å². The van der Waals surface area contributed by atoms with E-state index in [2.05, 4.69) is 0 Å². The minimum Gasteiger partial charge on any atom is -0.756 e. The summed E-state index contributed by atoms with van der Waals surface area (Å²) in [6.07, 6.45) is 0. The number of hydrogen-bond donors (Lipinski definition) is 3. The third-order valence-electron chi connectivity index (χ3n) is 0. The Labute approximate surface area is 113 Å². The van der Waals surface area contributed by atoms with Crippen molar-refractivity contribution in [2.45, 2.75) is 0 Å². The van der Waals surface area contributed by atoms with Gasteiger partial charge in [-0.2, -0.15) is 0 Å². The van der Waals surface area contributed by atoms with Gasteiger partial charge in [-0.25, -0.2) is 8.42 Å². The molecule has 0 aliphatic carbocycles. The van der Waals surface area contributed by atoms with Crippen LogP contribution in [-0.2, 0) is 15.0 Å². The van der Waals surface area contributed by atoms with Gasteiger partial charge in [0, 0.05) is 0 Å². The van der Waals surface area contributed by atoms with E-state index in [4.69, 9.17) is 36.8 Å². The SMILES string of the molecule is O=P([O-])(O)O.O=S(=O)([O-])O.[Na+].[Na+]. The third-order valence-corrected chi connectivity index (χ3v) is 0. The van der Waals surface area contributed by atoms with E-state index >= 15 is 0 Å². The monoisotopic (exact) mass is 240 g/mol. The zero-order valence-electron chi connectivity index (χ0n) is 6.24. The summed E-state index contributed by atoms with van der Waals surface area (Å²) in [5.41, 5.74) is 0. The van der Waals surface area contributed by atoms with E-state index < -0.39 is 18.2 Å². The van der Waals surface area contributed by atoms with Crippen molar-refractivity contribution < 1.29 is 95.9 Å². The van der Waals surface area contributed by atoms with E-state index in [1.165, 1.54) is 0 Å². The van der Waals surface area contributed by atoms with Crippen LogP contribution in [0.1, 0.15) is 0 Å². The van der Waals surface area contributed by atoms with E-state index in [1.54, 1.807) is 0 Å². The first kappa shape index (κ1) is 23.6. The summed E-state index contributed by atoms with van der Waals surface area (Å²) in [6, 6.07) is 0. The molecule has 12 heteroatoms. The van der Waals surface area contributed by atoms with Gasteiger partial charge in [-0.15, -0.1) is 0 Å². The van der Waals surface area contributed by atoms with E-state index in [-0.39, 0.29) is 59.1 Å². The molecule has 0 aliphatic heterocycles. The van der Waals surface area contributed by atoms with Gasteiger partial charge in [0.2, 0.25) is 10.4 Å². The number of hydrogen-bond acceptors (Lipinski definition) is 5. The Hall–Kier alpha value is 1.98. The largest absolute Gasteiger partial charge is 1.00 e. The summed E-state index contributed by atoms with van der Waals surface area (Å²) in [4.78, 5) is 22.9. The molecule has 0 saturated heterocycles. The molecular formula is H3Na2O8PS. The van der Waals surface area contributed by atoms with Gasteiger partial charge < -0.3 is 19.2 Å². The molecule has 64 valence electrons. The Bertz CT molecular complexity index is 195. The molecule has 12 heavy (non-hydrogen) atoms. The van der Waals surface area contributed by atoms with E-state index in [0.717, 1.165) is 0 Å². The van der Waals surface area contributed by atoms with Gasteiger partial charge in [0.25, 0.3) is 7.82 Å². The van der Waals surface area contributed by atoms with Gasteiger partial charge >= 0.3 is 59.1 Å². The quantitative estimate of drug-likeness (QED) is 0.163. The molecule has 0 aromatic heterocycles. The summed E-state index contributed by atoms with van der Waals surface area (Å²) in [5.74, 6) is 0. The first-order chi connectivity index (χ1) is 4.00. The van der Waals surface area contributed by atoms with E-state index in [0.29, 0.717) is 0 Å². The maximum Gasteiger partial charge on any atom is 1.00 e. The number of rotatable bonds is 0. The molecule has 0 radical (unpaired) electrons. The van der Waals surface area contributed by atoms with Crippen molar-refractivity contribution in [2.24, 2.45) is 0 Å². The van der Waals surface area contributed by atoms with Crippen LogP contribution in [0.2, 0.25) is 0 Å². The van der Waals surface area contributed by atoms with Gasteiger partial charge in [0.05, 0.1) is 0 Å². The van der Waals surface area contributed by atoms with Crippen LogP contribution in [0, 0.1) is 0 Å². The molecule has 0 amide bonds. The molecule has 0 aromatic carbocycles. The molecular weight excluding hydrogens is 237 g/mol. The smallest absolute Gasteiger partial charge is 0.756 e. The fraction of sp³-hybridized carbons (Fsp3) is 0. The maximum absolute atomic E-state index is 8.77. The van der Waals surface area contributed by atoms with Crippen LogP contribution in [-0.4, -0.2) is 27.3 Å². The van der Waals surface area contributed by atoms with E-state index in [1.807, 2.05) is 0 Å². The molecule has 0 heterocycles. The van der Waals surface area contributed by atoms with Crippen molar-refractivity contribution in [3.63, 3.8) is 0 Å². The fourth-order valence-electron chi connectivity index (χ4n) is 0. The van der Waals surface area contributed by atoms with Gasteiger partial charge in [-0.05, 0) is 0 Å². The number of phosphoric acid groups is 1. The third kappa shape index (κ3) is 368. The molecule has 0 unspecified atom stereocenters. The molecule has 0 spiro atoms. The Kier molecular flexibility index (Phi) is 18.8. The van der Waals surface area contributed by atoms with Crippen molar-refractivity contribution in [1.29, 1.82) is 0 Å².